The summed E-state index contributed by atoms with van der Waals surface area (Å²) >= 11 is 5.85. The van der Waals surface area contributed by atoms with Crippen molar-refractivity contribution in [3.63, 3.8) is 0 Å². The van der Waals surface area contributed by atoms with Crippen LogP contribution >= 0.6 is 11.6 Å². The number of alkyl halides is 3. The number of rotatable bonds is 4. The third kappa shape index (κ3) is 4.53. The third-order valence-electron chi connectivity index (χ3n) is 4.82. The minimum Gasteiger partial charge on any atom is -0.325 e. The molecule has 1 fully saturated rings. The van der Waals surface area contributed by atoms with Crippen molar-refractivity contribution in [2.75, 3.05) is 5.32 Å². The first-order valence-electron chi connectivity index (χ1n) is 8.68. The highest BCUT2D eigenvalue weighted by atomic mass is 35.5. The van der Waals surface area contributed by atoms with Crippen LogP contribution in [-0.2, 0) is 4.79 Å². The highest BCUT2D eigenvalue weighted by Crippen LogP contribution is 2.41. The van der Waals surface area contributed by atoms with Gasteiger partial charge in [0.05, 0.1) is 22.6 Å². The Bertz CT molecular complexity index is 1020. The molecule has 0 aromatic heterocycles. The molecule has 1 aliphatic rings. The number of nitrogens with zero attached hydrogens (tertiary/aromatic N) is 2. The molecule has 0 radical (unpaired) electrons. The predicted molar refractivity (Wildman–Crippen MR) is 102 cm³/mol. The normalized spacial score (nSPS) is 21.1. The Morgan fingerprint density at radius 1 is 1.27 bits per heavy atom. The van der Waals surface area contributed by atoms with E-state index in [2.05, 4.69) is 10.6 Å². The van der Waals surface area contributed by atoms with Crippen molar-refractivity contribution in [2.24, 2.45) is 0 Å². The Morgan fingerprint density at radius 2 is 1.93 bits per heavy atom. The molecule has 0 aliphatic carbocycles. The topological polar surface area (TPSA) is 108 Å². The van der Waals surface area contributed by atoms with Gasteiger partial charge in [-0.25, -0.2) is 0 Å². The van der Waals surface area contributed by atoms with E-state index < -0.39 is 40.7 Å². The second kappa shape index (κ2) is 8.30. The molecular formula is C19H14ClF3N4O3. The van der Waals surface area contributed by atoms with Gasteiger partial charge in [0.1, 0.15) is 11.1 Å². The average molecular weight is 439 g/mol. The maximum Gasteiger partial charge on any atom is 0.404 e. The number of anilines is 1. The van der Waals surface area contributed by atoms with Gasteiger partial charge >= 0.3 is 6.18 Å². The fourth-order valence-corrected chi connectivity index (χ4v) is 3.64. The Balaban J connectivity index is 1.82. The van der Waals surface area contributed by atoms with E-state index in [1.807, 2.05) is 6.07 Å². The van der Waals surface area contributed by atoms with Gasteiger partial charge in [-0.1, -0.05) is 17.7 Å². The van der Waals surface area contributed by atoms with E-state index in [0.29, 0.717) is 11.3 Å². The predicted octanol–water partition coefficient (Wildman–Crippen LogP) is 4.13. The van der Waals surface area contributed by atoms with Crippen molar-refractivity contribution < 1.29 is 22.9 Å². The maximum absolute atomic E-state index is 13.6. The largest absolute Gasteiger partial charge is 0.404 e. The summed E-state index contributed by atoms with van der Waals surface area (Å²) in [6, 6.07) is 8.04. The van der Waals surface area contributed by atoms with Crippen LogP contribution in [0.2, 0.25) is 5.02 Å². The van der Waals surface area contributed by atoms with Crippen LogP contribution in [-0.4, -0.2) is 29.1 Å². The van der Waals surface area contributed by atoms with Crippen molar-refractivity contribution in [1.29, 1.82) is 5.26 Å². The second-order valence-electron chi connectivity index (χ2n) is 6.73. The Labute approximate surface area is 173 Å². The van der Waals surface area contributed by atoms with E-state index in [1.54, 1.807) is 0 Å². The maximum atomic E-state index is 13.6. The van der Waals surface area contributed by atoms with Crippen LogP contribution in [0.1, 0.15) is 23.5 Å². The Kier molecular flexibility index (Phi) is 5.96. The molecule has 0 saturated carbocycles. The SMILES string of the molecule is N#Cc1ccc(NC(=O)[C@@H]2CC(c3ccc([N+](=O)[O-])c(Cl)c3)[C@H](C(F)(F)F)N2)cc1. The lowest BCUT2D eigenvalue weighted by Gasteiger charge is -2.22. The first-order valence-corrected chi connectivity index (χ1v) is 9.05. The average Bonchev–Trinajstić information content (AvgIpc) is 3.14. The molecule has 7 nitrogen and oxygen atoms in total. The zero-order valence-electron chi connectivity index (χ0n) is 15.1. The van der Waals surface area contributed by atoms with Gasteiger partial charge in [0, 0.05) is 17.7 Å². The van der Waals surface area contributed by atoms with Gasteiger partial charge in [-0.05, 0) is 42.3 Å². The summed E-state index contributed by atoms with van der Waals surface area (Å²) in [7, 11) is 0. The van der Waals surface area contributed by atoms with E-state index in [4.69, 9.17) is 16.9 Å². The molecule has 3 rings (SSSR count). The number of benzene rings is 2. The van der Waals surface area contributed by atoms with Gasteiger partial charge in [0.2, 0.25) is 5.91 Å². The molecule has 1 aliphatic heterocycles. The molecule has 1 saturated heterocycles. The number of amides is 1. The number of nitrogens with one attached hydrogen (secondary N) is 2. The fraction of sp³-hybridized carbons (Fsp3) is 0.263. The summed E-state index contributed by atoms with van der Waals surface area (Å²) in [6.07, 6.45) is -4.83. The van der Waals surface area contributed by atoms with Gasteiger partial charge in [-0.2, -0.15) is 18.4 Å². The molecule has 11 heteroatoms. The quantitative estimate of drug-likeness (QED) is 0.551. The van der Waals surface area contributed by atoms with Crippen molar-refractivity contribution >= 4 is 28.9 Å². The number of halogens is 4. The van der Waals surface area contributed by atoms with Crippen LogP contribution in [0.25, 0.3) is 0 Å². The summed E-state index contributed by atoms with van der Waals surface area (Å²) in [6.45, 7) is 0. The monoisotopic (exact) mass is 438 g/mol. The highest BCUT2D eigenvalue weighted by molar-refractivity contribution is 6.32. The summed E-state index contributed by atoms with van der Waals surface area (Å²) in [5.41, 5.74) is 0.449. The summed E-state index contributed by atoms with van der Waals surface area (Å²) in [5.74, 6) is -1.82. The first-order chi connectivity index (χ1) is 14.1. The molecular weight excluding hydrogens is 425 g/mol. The number of hydrogen-bond acceptors (Lipinski definition) is 5. The molecule has 30 heavy (non-hydrogen) atoms. The Morgan fingerprint density at radius 3 is 2.47 bits per heavy atom. The zero-order chi connectivity index (χ0) is 22.1. The third-order valence-corrected chi connectivity index (χ3v) is 5.12. The van der Waals surface area contributed by atoms with Crippen molar-refractivity contribution in [1.82, 2.24) is 5.32 Å². The number of hydrogen-bond donors (Lipinski definition) is 2. The Hall–Kier alpha value is -3.16. The number of carbonyl (C=O) groups is 1. The van der Waals surface area contributed by atoms with Crippen LogP contribution in [0, 0.1) is 21.4 Å². The lowest BCUT2D eigenvalue weighted by Crippen LogP contribution is -2.46. The molecule has 2 N–H and O–H groups in total. The van der Waals surface area contributed by atoms with E-state index in [9.17, 15) is 28.1 Å². The minimum absolute atomic E-state index is 0.147. The molecule has 3 atom stereocenters. The summed E-state index contributed by atoms with van der Waals surface area (Å²) in [4.78, 5) is 22.7. The molecule has 2 aromatic rings. The van der Waals surface area contributed by atoms with Crippen LogP contribution in [0.5, 0.6) is 0 Å². The van der Waals surface area contributed by atoms with Crippen LogP contribution in [0.3, 0.4) is 0 Å². The smallest absolute Gasteiger partial charge is 0.325 e. The molecule has 2 aromatic carbocycles. The zero-order valence-corrected chi connectivity index (χ0v) is 15.9. The molecule has 1 unspecified atom stereocenters. The highest BCUT2D eigenvalue weighted by Gasteiger charge is 2.52. The van der Waals surface area contributed by atoms with E-state index in [1.165, 1.54) is 30.3 Å². The summed E-state index contributed by atoms with van der Waals surface area (Å²) in [5, 5.41) is 24.2. The molecule has 1 amide bonds. The second-order valence-corrected chi connectivity index (χ2v) is 7.13. The van der Waals surface area contributed by atoms with Gasteiger partial charge in [0.25, 0.3) is 5.69 Å². The molecule has 0 spiro atoms. The number of nitriles is 1. The van der Waals surface area contributed by atoms with Gasteiger partial charge in [0.15, 0.2) is 0 Å². The fourth-order valence-electron chi connectivity index (χ4n) is 3.38. The standard InChI is InChI=1S/C19H14ClF3N4O3/c20-14-7-11(3-6-16(14)27(29)30)13-8-15(26-17(13)19(21,22)23)18(28)25-12-4-1-10(9-24)2-5-12/h1-7,13,15,17,26H,8H2,(H,25,28)/t13?,15-,17+/m0/s1. The molecule has 1 heterocycles. The van der Waals surface area contributed by atoms with Crippen molar-refractivity contribution in [2.45, 2.75) is 30.6 Å². The number of nitro groups is 1. The first kappa shape index (κ1) is 21.5. The van der Waals surface area contributed by atoms with E-state index in [-0.39, 0.29) is 17.0 Å². The number of carbonyl (C=O) groups excluding carboxylic acids is 1. The molecule has 0 bridgehead atoms. The number of nitro benzene ring substituents is 1. The van der Waals surface area contributed by atoms with Gasteiger partial charge in [-0.3, -0.25) is 20.2 Å². The summed E-state index contributed by atoms with van der Waals surface area (Å²) < 4.78 is 40.8. The van der Waals surface area contributed by atoms with Gasteiger partial charge < -0.3 is 5.32 Å². The van der Waals surface area contributed by atoms with E-state index >= 15 is 0 Å². The van der Waals surface area contributed by atoms with Crippen molar-refractivity contribution in [3.05, 3.63) is 68.7 Å². The van der Waals surface area contributed by atoms with E-state index in [0.717, 1.165) is 12.1 Å². The minimum atomic E-state index is -4.65. The van der Waals surface area contributed by atoms with Gasteiger partial charge in [-0.15, -0.1) is 0 Å². The van der Waals surface area contributed by atoms with Crippen LogP contribution < -0.4 is 10.6 Å². The van der Waals surface area contributed by atoms with Crippen LogP contribution in [0.4, 0.5) is 24.5 Å². The van der Waals surface area contributed by atoms with Crippen molar-refractivity contribution in [3.8, 4) is 6.07 Å². The molecule has 156 valence electrons. The van der Waals surface area contributed by atoms with Crippen LogP contribution in [0.15, 0.2) is 42.5 Å². The lowest BCUT2D eigenvalue weighted by molar-refractivity contribution is -0.384. The lowest BCUT2D eigenvalue weighted by atomic mass is 9.90.